The number of anilines is 1. The fraction of sp³-hybridized carbons (Fsp3) is 0.556. The Morgan fingerprint density at radius 3 is 2.76 bits per heavy atom. The molecule has 1 aliphatic rings. The van der Waals surface area contributed by atoms with E-state index in [9.17, 15) is 9.59 Å². The van der Waals surface area contributed by atoms with Crippen LogP contribution in [0.25, 0.3) is 0 Å². The highest BCUT2D eigenvalue weighted by atomic mass is 32.1. The second kappa shape index (κ2) is 4.66. The molecule has 1 aliphatic heterocycles. The van der Waals surface area contributed by atoms with Crippen molar-refractivity contribution in [1.82, 2.24) is 20.0 Å². The Balaban J connectivity index is 1.94. The van der Waals surface area contributed by atoms with E-state index >= 15 is 0 Å². The van der Waals surface area contributed by atoms with Gasteiger partial charge in [0.25, 0.3) is 0 Å². The highest BCUT2D eigenvalue weighted by molar-refractivity contribution is 7.15. The van der Waals surface area contributed by atoms with Gasteiger partial charge >= 0.3 is 6.03 Å². The number of nitrogens with zero attached hydrogens (tertiary/aromatic N) is 4. The summed E-state index contributed by atoms with van der Waals surface area (Å²) in [5.41, 5.74) is 0. The highest BCUT2D eigenvalue weighted by Gasteiger charge is 2.25. The Morgan fingerprint density at radius 1 is 1.41 bits per heavy atom. The van der Waals surface area contributed by atoms with Crippen molar-refractivity contribution in [3.8, 4) is 0 Å². The molecule has 1 aromatic heterocycles. The molecule has 92 valence electrons. The number of carbonyl (C=O) groups is 2. The van der Waals surface area contributed by atoms with E-state index < -0.39 is 0 Å². The first-order valence-corrected chi connectivity index (χ1v) is 5.98. The minimum atomic E-state index is -0.303. The normalized spacial score (nSPS) is 16.2. The SMILES string of the molecule is Cc1nnc(NC(=O)N2CCN(C)C(=O)C2)s1. The molecule has 0 saturated carbocycles. The van der Waals surface area contributed by atoms with Crippen molar-refractivity contribution >= 4 is 28.4 Å². The molecule has 0 aliphatic carbocycles. The minimum absolute atomic E-state index is 0.0557. The quantitative estimate of drug-likeness (QED) is 0.775. The van der Waals surface area contributed by atoms with Gasteiger partial charge in [0.2, 0.25) is 11.0 Å². The number of nitrogens with one attached hydrogen (secondary N) is 1. The number of carbonyl (C=O) groups excluding carboxylic acids is 2. The third kappa shape index (κ3) is 2.70. The Kier molecular flexibility index (Phi) is 3.23. The van der Waals surface area contributed by atoms with E-state index in [1.54, 1.807) is 11.9 Å². The molecule has 0 aromatic carbocycles. The summed E-state index contributed by atoms with van der Waals surface area (Å²) in [7, 11) is 1.73. The number of hydrogen-bond acceptors (Lipinski definition) is 5. The predicted molar refractivity (Wildman–Crippen MR) is 62.9 cm³/mol. The highest BCUT2D eigenvalue weighted by Crippen LogP contribution is 2.14. The second-order valence-corrected chi connectivity index (χ2v) is 4.97. The lowest BCUT2D eigenvalue weighted by atomic mass is 10.3. The first kappa shape index (κ1) is 11.8. The number of urea groups is 1. The minimum Gasteiger partial charge on any atom is -0.342 e. The molecular formula is C9H13N5O2S. The predicted octanol–water partition coefficient (Wildman–Crippen LogP) is 0.152. The number of amides is 3. The summed E-state index contributed by atoms with van der Waals surface area (Å²) in [6.45, 7) is 3.01. The van der Waals surface area contributed by atoms with E-state index in [4.69, 9.17) is 0 Å². The molecule has 0 spiro atoms. The van der Waals surface area contributed by atoms with Crippen LogP contribution in [0.3, 0.4) is 0 Å². The van der Waals surface area contributed by atoms with Gasteiger partial charge in [-0.1, -0.05) is 11.3 Å². The van der Waals surface area contributed by atoms with Gasteiger partial charge in [0.1, 0.15) is 11.6 Å². The Bertz CT molecular complexity index is 446. The molecule has 3 amide bonds. The summed E-state index contributed by atoms with van der Waals surface area (Å²) in [5.74, 6) is -0.0557. The summed E-state index contributed by atoms with van der Waals surface area (Å²) in [6, 6.07) is -0.303. The van der Waals surface area contributed by atoms with Crippen LogP contribution in [0.2, 0.25) is 0 Å². The monoisotopic (exact) mass is 255 g/mol. The van der Waals surface area contributed by atoms with Crippen LogP contribution in [-0.4, -0.2) is 58.6 Å². The Morgan fingerprint density at radius 2 is 2.18 bits per heavy atom. The van der Waals surface area contributed by atoms with Crippen LogP contribution in [0.5, 0.6) is 0 Å². The van der Waals surface area contributed by atoms with E-state index in [0.29, 0.717) is 18.2 Å². The van der Waals surface area contributed by atoms with Crippen molar-refractivity contribution < 1.29 is 9.59 Å². The van der Waals surface area contributed by atoms with Crippen LogP contribution >= 0.6 is 11.3 Å². The van der Waals surface area contributed by atoms with E-state index in [1.165, 1.54) is 16.2 Å². The summed E-state index contributed by atoms with van der Waals surface area (Å²) in [4.78, 5) is 26.3. The van der Waals surface area contributed by atoms with Gasteiger partial charge in [0, 0.05) is 20.1 Å². The van der Waals surface area contributed by atoms with E-state index in [0.717, 1.165) is 5.01 Å². The summed E-state index contributed by atoms with van der Waals surface area (Å²) >= 11 is 1.31. The standard InChI is InChI=1S/C9H13N5O2S/c1-6-11-12-8(17-6)10-9(16)14-4-3-13(2)7(15)5-14/h3-5H2,1-2H3,(H,10,12,16). The fourth-order valence-corrected chi connectivity index (χ4v) is 2.03. The average Bonchev–Trinajstić information content (AvgIpc) is 2.68. The topological polar surface area (TPSA) is 78.4 Å². The molecule has 2 rings (SSSR count). The van der Waals surface area contributed by atoms with Crippen LogP contribution < -0.4 is 5.32 Å². The summed E-state index contributed by atoms with van der Waals surface area (Å²) < 4.78 is 0. The zero-order valence-electron chi connectivity index (χ0n) is 9.63. The van der Waals surface area contributed by atoms with Gasteiger partial charge in [-0.3, -0.25) is 10.1 Å². The third-order valence-electron chi connectivity index (χ3n) is 2.48. The average molecular weight is 255 g/mol. The van der Waals surface area contributed by atoms with Crippen molar-refractivity contribution in [2.75, 3.05) is 32.0 Å². The molecule has 1 aromatic rings. The van der Waals surface area contributed by atoms with Gasteiger partial charge in [0.15, 0.2) is 0 Å². The third-order valence-corrected chi connectivity index (χ3v) is 3.24. The molecule has 0 atom stereocenters. The van der Waals surface area contributed by atoms with Crippen LogP contribution in [-0.2, 0) is 4.79 Å². The number of hydrogen-bond donors (Lipinski definition) is 1. The van der Waals surface area contributed by atoms with Gasteiger partial charge in [-0.2, -0.15) is 0 Å². The maximum absolute atomic E-state index is 11.8. The zero-order chi connectivity index (χ0) is 12.4. The first-order chi connectivity index (χ1) is 8.06. The van der Waals surface area contributed by atoms with Gasteiger partial charge in [-0.15, -0.1) is 10.2 Å². The van der Waals surface area contributed by atoms with Crippen molar-refractivity contribution in [3.05, 3.63) is 5.01 Å². The van der Waals surface area contributed by atoms with Crippen LogP contribution in [0.4, 0.5) is 9.93 Å². The number of likely N-dealkylation sites (N-methyl/N-ethyl adjacent to an activating group) is 1. The van der Waals surface area contributed by atoms with Crippen molar-refractivity contribution in [1.29, 1.82) is 0 Å². The molecular weight excluding hydrogens is 242 g/mol. The molecule has 1 N–H and O–H groups in total. The lowest BCUT2D eigenvalue weighted by molar-refractivity contribution is -0.133. The first-order valence-electron chi connectivity index (χ1n) is 5.16. The molecule has 0 bridgehead atoms. The number of rotatable bonds is 1. The van der Waals surface area contributed by atoms with Crippen molar-refractivity contribution in [2.24, 2.45) is 0 Å². The maximum atomic E-state index is 11.8. The van der Waals surface area contributed by atoms with E-state index in [-0.39, 0.29) is 18.5 Å². The number of aromatic nitrogens is 2. The molecule has 2 heterocycles. The molecule has 17 heavy (non-hydrogen) atoms. The maximum Gasteiger partial charge on any atom is 0.324 e. The fourth-order valence-electron chi connectivity index (χ4n) is 1.45. The van der Waals surface area contributed by atoms with Crippen LogP contribution in [0, 0.1) is 6.92 Å². The smallest absolute Gasteiger partial charge is 0.324 e. The molecule has 1 saturated heterocycles. The second-order valence-electron chi connectivity index (χ2n) is 3.79. The van der Waals surface area contributed by atoms with Gasteiger partial charge in [-0.05, 0) is 6.92 Å². The molecule has 7 nitrogen and oxygen atoms in total. The Labute approximate surface area is 102 Å². The molecule has 1 fully saturated rings. The van der Waals surface area contributed by atoms with Crippen molar-refractivity contribution in [2.45, 2.75) is 6.92 Å². The van der Waals surface area contributed by atoms with E-state index in [2.05, 4.69) is 15.5 Å². The summed E-state index contributed by atoms with van der Waals surface area (Å²) in [6.07, 6.45) is 0. The zero-order valence-corrected chi connectivity index (χ0v) is 10.5. The number of aryl methyl sites for hydroxylation is 1. The molecule has 0 unspecified atom stereocenters. The summed E-state index contributed by atoms with van der Waals surface area (Å²) in [5, 5.41) is 11.5. The van der Waals surface area contributed by atoms with Gasteiger partial charge < -0.3 is 9.80 Å². The molecule has 0 radical (unpaired) electrons. The van der Waals surface area contributed by atoms with Crippen molar-refractivity contribution in [3.63, 3.8) is 0 Å². The number of piperazine rings is 1. The van der Waals surface area contributed by atoms with E-state index in [1.807, 2.05) is 6.92 Å². The van der Waals surface area contributed by atoms with Crippen LogP contribution in [0.1, 0.15) is 5.01 Å². The molecule has 8 heteroatoms. The van der Waals surface area contributed by atoms with Crippen LogP contribution in [0.15, 0.2) is 0 Å². The Hall–Kier alpha value is -1.70. The lowest BCUT2D eigenvalue weighted by Gasteiger charge is -2.31. The largest absolute Gasteiger partial charge is 0.342 e. The van der Waals surface area contributed by atoms with Gasteiger partial charge in [-0.25, -0.2) is 4.79 Å². The van der Waals surface area contributed by atoms with Gasteiger partial charge in [0.05, 0.1) is 0 Å². The lowest BCUT2D eigenvalue weighted by Crippen LogP contribution is -2.51.